The Morgan fingerprint density at radius 3 is 2.96 bits per heavy atom. The quantitative estimate of drug-likeness (QED) is 0.444. The zero-order chi connectivity index (χ0) is 15.4. The molecule has 1 aliphatic rings. The van der Waals surface area contributed by atoms with Crippen molar-refractivity contribution < 1.29 is 4.52 Å². The molecule has 0 fully saturated rings. The first kappa shape index (κ1) is 18.2. The number of halogens is 1. The van der Waals surface area contributed by atoms with Crippen molar-refractivity contribution in [1.82, 2.24) is 20.4 Å². The topological polar surface area (TPSA) is 66.6 Å². The number of nitrogens with one attached hydrogen (secondary N) is 1. The standard InChI is InChI=1S/C15H21N5OS.HI/c1-16-15(17-9-11-7-8-21-19-11)20(2)10-14-18-12-5-3-4-6-13(12)22-14;/h7-8H,3-6,9-10H2,1-2H3,(H,16,17);1H. The fourth-order valence-electron chi connectivity index (χ4n) is 2.63. The average Bonchev–Trinajstić information content (AvgIpc) is 3.16. The van der Waals surface area contributed by atoms with Gasteiger partial charge in [0.05, 0.1) is 18.8 Å². The molecule has 0 spiro atoms. The molecule has 6 nitrogen and oxygen atoms in total. The van der Waals surface area contributed by atoms with Gasteiger partial charge in [-0.1, -0.05) is 5.16 Å². The molecule has 0 atom stereocenters. The van der Waals surface area contributed by atoms with Gasteiger partial charge in [-0.05, 0) is 25.7 Å². The maximum atomic E-state index is 4.83. The number of thiazole rings is 1. The molecule has 8 heteroatoms. The number of nitrogens with zero attached hydrogens (tertiary/aromatic N) is 4. The third-order valence-corrected chi connectivity index (χ3v) is 4.90. The number of aryl methyl sites for hydroxylation is 2. The van der Waals surface area contributed by atoms with Crippen LogP contribution in [0.2, 0.25) is 0 Å². The van der Waals surface area contributed by atoms with Gasteiger partial charge in [0, 0.05) is 25.0 Å². The van der Waals surface area contributed by atoms with Gasteiger partial charge >= 0.3 is 0 Å². The highest BCUT2D eigenvalue weighted by Crippen LogP contribution is 2.27. The summed E-state index contributed by atoms with van der Waals surface area (Å²) in [7, 11) is 3.81. The van der Waals surface area contributed by atoms with Gasteiger partial charge < -0.3 is 14.7 Å². The molecule has 0 saturated carbocycles. The van der Waals surface area contributed by atoms with Gasteiger partial charge in [-0.2, -0.15) is 0 Å². The summed E-state index contributed by atoms with van der Waals surface area (Å²) in [6, 6.07) is 1.84. The number of fused-ring (bicyclic) bond motifs is 1. The molecule has 0 bridgehead atoms. The van der Waals surface area contributed by atoms with Crippen molar-refractivity contribution in [3.63, 3.8) is 0 Å². The molecule has 2 heterocycles. The van der Waals surface area contributed by atoms with E-state index >= 15 is 0 Å². The maximum absolute atomic E-state index is 4.83. The van der Waals surface area contributed by atoms with Crippen LogP contribution in [-0.4, -0.2) is 35.1 Å². The Labute approximate surface area is 157 Å². The number of rotatable bonds is 4. The molecule has 1 N–H and O–H groups in total. The molecule has 2 aromatic heterocycles. The minimum Gasteiger partial charge on any atom is -0.364 e. The molecular weight excluding hydrogens is 425 g/mol. The van der Waals surface area contributed by atoms with Crippen LogP contribution in [0.1, 0.15) is 34.1 Å². The fraction of sp³-hybridized carbons (Fsp3) is 0.533. The van der Waals surface area contributed by atoms with Crippen molar-refractivity contribution in [2.45, 2.75) is 38.8 Å². The van der Waals surface area contributed by atoms with Crippen LogP contribution in [0, 0.1) is 0 Å². The number of guanidine groups is 1. The first-order valence-corrected chi connectivity index (χ1v) is 8.36. The highest BCUT2D eigenvalue weighted by Gasteiger charge is 2.16. The van der Waals surface area contributed by atoms with Crippen molar-refractivity contribution in [2.75, 3.05) is 14.1 Å². The number of aromatic nitrogens is 2. The van der Waals surface area contributed by atoms with Crippen molar-refractivity contribution in [3.8, 4) is 0 Å². The Morgan fingerprint density at radius 2 is 2.26 bits per heavy atom. The summed E-state index contributed by atoms with van der Waals surface area (Å²) in [5.74, 6) is 0.830. The van der Waals surface area contributed by atoms with Gasteiger partial charge in [0.25, 0.3) is 0 Å². The van der Waals surface area contributed by atoms with Crippen LogP contribution < -0.4 is 5.32 Å². The second-order valence-corrected chi connectivity index (χ2v) is 6.60. The number of aliphatic imine (C=N–C) groups is 1. The second kappa shape index (κ2) is 8.62. The van der Waals surface area contributed by atoms with E-state index in [9.17, 15) is 0 Å². The summed E-state index contributed by atoms with van der Waals surface area (Å²) in [6.07, 6.45) is 6.46. The Morgan fingerprint density at radius 1 is 1.43 bits per heavy atom. The third-order valence-electron chi connectivity index (χ3n) is 3.75. The Hall–Kier alpha value is -1.16. The molecule has 0 aromatic carbocycles. The van der Waals surface area contributed by atoms with Crippen LogP contribution >= 0.6 is 35.3 Å². The maximum Gasteiger partial charge on any atom is 0.194 e. The van der Waals surface area contributed by atoms with E-state index < -0.39 is 0 Å². The third kappa shape index (κ3) is 4.66. The SMILES string of the molecule is CN=C(NCc1ccon1)N(C)Cc1nc2c(s1)CCCC2.I. The van der Waals surface area contributed by atoms with E-state index in [1.807, 2.05) is 24.5 Å². The molecule has 0 unspecified atom stereocenters. The van der Waals surface area contributed by atoms with E-state index in [1.165, 1.54) is 34.8 Å². The van der Waals surface area contributed by atoms with Crippen molar-refractivity contribution >= 4 is 41.3 Å². The zero-order valence-corrected chi connectivity index (χ0v) is 16.6. The molecule has 0 radical (unpaired) electrons. The van der Waals surface area contributed by atoms with Gasteiger partial charge in [-0.3, -0.25) is 4.99 Å². The predicted molar refractivity (Wildman–Crippen MR) is 102 cm³/mol. The molecule has 23 heavy (non-hydrogen) atoms. The van der Waals surface area contributed by atoms with Crippen LogP contribution in [0.25, 0.3) is 0 Å². The lowest BCUT2D eigenvalue weighted by molar-refractivity contribution is 0.409. The molecule has 126 valence electrons. The highest BCUT2D eigenvalue weighted by molar-refractivity contribution is 14.0. The van der Waals surface area contributed by atoms with E-state index in [4.69, 9.17) is 9.51 Å². The highest BCUT2D eigenvalue weighted by atomic mass is 127. The van der Waals surface area contributed by atoms with Crippen LogP contribution in [0.15, 0.2) is 21.8 Å². The van der Waals surface area contributed by atoms with Gasteiger partial charge in [0.15, 0.2) is 5.96 Å². The van der Waals surface area contributed by atoms with E-state index in [-0.39, 0.29) is 24.0 Å². The van der Waals surface area contributed by atoms with Gasteiger partial charge in [0.1, 0.15) is 17.0 Å². The van der Waals surface area contributed by atoms with Gasteiger partial charge in [-0.15, -0.1) is 35.3 Å². The lowest BCUT2D eigenvalue weighted by Crippen LogP contribution is -2.38. The summed E-state index contributed by atoms with van der Waals surface area (Å²) in [5.41, 5.74) is 2.17. The molecule has 3 rings (SSSR count). The first-order chi connectivity index (χ1) is 10.8. The van der Waals surface area contributed by atoms with Crippen LogP contribution in [0.5, 0.6) is 0 Å². The summed E-state index contributed by atoms with van der Waals surface area (Å²) < 4.78 is 4.83. The van der Waals surface area contributed by atoms with Gasteiger partial charge in [-0.25, -0.2) is 4.98 Å². The number of hydrogen-bond acceptors (Lipinski definition) is 5. The summed E-state index contributed by atoms with van der Waals surface area (Å²) >= 11 is 1.84. The normalized spacial score (nSPS) is 14.1. The Balaban J connectivity index is 0.00000192. The minimum atomic E-state index is 0. The van der Waals surface area contributed by atoms with E-state index in [0.29, 0.717) is 6.54 Å². The Bertz CT molecular complexity index is 617. The predicted octanol–water partition coefficient (Wildman–Crippen LogP) is 2.84. The summed E-state index contributed by atoms with van der Waals surface area (Å²) in [6.45, 7) is 1.37. The summed E-state index contributed by atoms with van der Waals surface area (Å²) in [4.78, 5) is 12.7. The number of hydrogen-bond donors (Lipinski definition) is 1. The molecule has 1 aliphatic carbocycles. The van der Waals surface area contributed by atoms with E-state index in [1.54, 1.807) is 13.3 Å². The zero-order valence-electron chi connectivity index (χ0n) is 13.4. The van der Waals surface area contributed by atoms with Crippen LogP contribution in [-0.2, 0) is 25.9 Å². The lowest BCUT2D eigenvalue weighted by Gasteiger charge is -2.20. The largest absolute Gasteiger partial charge is 0.364 e. The van der Waals surface area contributed by atoms with E-state index in [2.05, 4.69) is 20.4 Å². The molecule has 2 aromatic rings. The monoisotopic (exact) mass is 447 g/mol. The van der Waals surface area contributed by atoms with Crippen LogP contribution in [0.4, 0.5) is 0 Å². The molecule has 0 aliphatic heterocycles. The van der Waals surface area contributed by atoms with Crippen molar-refractivity contribution in [2.24, 2.45) is 4.99 Å². The van der Waals surface area contributed by atoms with Gasteiger partial charge in [0.2, 0.25) is 0 Å². The molecule has 0 saturated heterocycles. The first-order valence-electron chi connectivity index (χ1n) is 7.54. The average molecular weight is 447 g/mol. The molecule has 0 amide bonds. The fourth-order valence-corrected chi connectivity index (χ4v) is 3.84. The second-order valence-electron chi connectivity index (χ2n) is 5.43. The Kier molecular flexibility index (Phi) is 6.82. The summed E-state index contributed by atoms with van der Waals surface area (Å²) in [5, 5.41) is 8.34. The van der Waals surface area contributed by atoms with Crippen LogP contribution in [0.3, 0.4) is 0 Å². The van der Waals surface area contributed by atoms with Crippen molar-refractivity contribution in [3.05, 3.63) is 33.6 Å². The van der Waals surface area contributed by atoms with E-state index in [0.717, 1.165) is 24.6 Å². The molecular formula is C15H22IN5OS. The smallest absolute Gasteiger partial charge is 0.194 e. The lowest BCUT2D eigenvalue weighted by atomic mass is 10.0. The van der Waals surface area contributed by atoms with Crippen molar-refractivity contribution in [1.29, 1.82) is 0 Å². The minimum absolute atomic E-state index is 0.